The van der Waals surface area contributed by atoms with E-state index >= 15 is 0 Å². The number of nitrogens with one attached hydrogen (secondary N) is 2. The SMILES string of the molecule is CNC(=O)c1cc(C(=O)Nc2ccc(Oc3ccc(C)cc3)cc2)c(C(=O)O)cc1C(=O)OC. The second kappa shape index (κ2) is 10.3. The molecule has 0 spiro atoms. The van der Waals surface area contributed by atoms with E-state index in [1.807, 2.05) is 31.2 Å². The summed E-state index contributed by atoms with van der Waals surface area (Å²) in [5.41, 5.74) is 0.268. The standard InChI is InChI=1S/C25H22N2O7/c1-14-4-8-16(9-5-14)34-17-10-6-15(7-11-17)27-23(29)18-12-19(22(28)26-2)21(25(32)33-3)13-20(18)24(30)31/h4-13H,1-3H3,(H,26,28)(H,27,29)(H,30,31). The predicted octanol–water partition coefficient (Wildman–Crippen LogP) is 3.88. The smallest absolute Gasteiger partial charge is 0.338 e. The zero-order valence-electron chi connectivity index (χ0n) is 18.7. The highest BCUT2D eigenvalue weighted by Gasteiger charge is 2.26. The van der Waals surface area contributed by atoms with E-state index in [4.69, 9.17) is 4.74 Å². The first-order chi connectivity index (χ1) is 16.2. The highest BCUT2D eigenvalue weighted by atomic mass is 16.5. The van der Waals surface area contributed by atoms with E-state index in [2.05, 4.69) is 15.4 Å². The molecule has 2 amide bonds. The first kappa shape index (κ1) is 24.0. The van der Waals surface area contributed by atoms with E-state index in [0.29, 0.717) is 17.2 Å². The van der Waals surface area contributed by atoms with E-state index in [1.165, 1.54) is 7.05 Å². The van der Waals surface area contributed by atoms with Crippen molar-refractivity contribution in [2.75, 3.05) is 19.5 Å². The van der Waals surface area contributed by atoms with Gasteiger partial charge in [-0.1, -0.05) is 17.7 Å². The fraction of sp³-hybridized carbons (Fsp3) is 0.120. The predicted molar refractivity (Wildman–Crippen MR) is 124 cm³/mol. The molecule has 0 saturated carbocycles. The molecule has 3 rings (SSSR count). The number of aromatic carboxylic acids is 1. The number of hydrogen-bond acceptors (Lipinski definition) is 6. The maximum absolute atomic E-state index is 12.9. The average molecular weight is 462 g/mol. The number of ether oxygens (including phenoxy) is 2. The fourth-order valence-electron chi connectivity index (χ4n) is 3.11. The highest BCUT2D eigenvalue weighted by Crippen LogP contribution is 2.25. The van der Waals surface area contributed by atoms with E-state index in [1.54, 1.807) is 24.3 Å². The second-order valence-electron chi connectivity index (χ2n) is 7.21. The first-order valence-corrected chi connectivity index (χ1v) is 10.1. The van der Waals surface area contributed by atoms with E-state index in [-0.39, 0.29) is 16.7 Å². The normalized spacial score (nSPS) is 10.2. The van der Waals surface area contributed by atoms with Crippen molar-refractivity contribution in [2.45, 2.75) is 6.92 Å². The number of esters is 1. The summed E-state index contributed by atoms with van der Waals surface area (Å²) in [6.07, 6.45) is 0. The Labute approximate surface area is 195 Å². The monoisotopic (exact) mass is 462 g/mol. The zero-order valence-corrected chi connectivity index (χ0v) is 18.7. The van der Waals surface area contributed by atoms with Crippen molar-refractivity contribution in [1.82, 2.24) is 5.32 Å². The number of carboxylic acids is 1. The topological polar surface area (TPSA) is 131 Å². The molecule has 3 N–H and O–H groups in total. The van der Waals surface area contributed by atoms with Gasteiger partial charge in [0.05, 0.1) is 29.4 Å². The second-order valence-corrected chi connectivity index (χ2v) is 7.21. The van der Waals surface area contributed by atoms with Crippen LogP contribution in [0.2, 0.25) is 0 Å². The maximum atomic E-state index is 12.9. The average Bonchev–Trinajstić information content (AvgIpc) is 2.84. The van der Waals surface area contributed by atoms with E-state index in [9.17, 15) is 24.3 Å². The molecular weight excluding hydrogens is 440 g/mol. The van der Waals surface area contributed by atoms with Crippen LogP contribution < -0.4 is 15.4 Å². The summed E-state index contributed by atoms with van der Waals surface area (Å²) in [6, 6.07) is 16.0. The molecule has 0 heterocycles. The molecule has 0 aromatic heterocycles. The van der Waals surface area contributed by atoms with Gasteiger partial charge in [0.25, 0.3) is 11.8 Å². The Balaban J connectivity index is 1.88. The summed E-state index contributed by atoms with van der Waals surface area (Å²) in [5.74, 6) is -2.61. The van der Waals surface area contributed by atoms with Crippen molar-refractivity contribution in [3.05, 3.63) is 88.5 Å². The van der Waals surface area contributed by atoms with E-state index < -0.39 is 29.3 Å². The molecule has 0 radical (unpaired) electrons. The number of rotatable bonds is 7. The number of carboxylic acid groups (broad SMARTS) is 1. The Morgan fingerprint density at radius 3 is 1.82 bits per heavy atom. The van der Waals surface area contributed by atoms with Crippen LogP contribution in [0.4, 0.5) is 5.69 Å². The third kappa shape index (κ3) is 5.39. The minimum Gasteiger partial charge on any atom is -0.478 e. The van der Waals surface area contributed by atoms with Crippen molar-refractivity contribution < 1.29 is 33.8 Å². The van der Waals surface area contributed by atoms with Gasteiger partial charge >= 0.3 is 11.9 Å². The van der Waals surface area contributed by atoms with Crippen LogP contribution in [-0.4, -0.2) is 43.0 Å². The van der Waals surface area contributed by atoms with Crippen molar-refractivity contribution >= 4 is 29.4 Å². The number of aryl methyl sites for hydroxylation is 1. The van der Waals surface area contributed by atoms with Gasteiger partial charge in [-0.05, 0) is 55.5 Å². The van der Waals surface area contributed by atoms with Crippen LogP contribution in [0.5, 0.6) is 11.5 Å². The number of carbonyl (C=O) groups excluding carboxylic acids is 3. The van der Waals surface area contributed by atoms with Crippen LogP contribution in [0.1, 0.15) is 47.0 Å². The lowest BCUT2D eigenvalue weighted by Crippen LogP contribution is -2.25. The molecule has 0 aliphatic heterocycles. The Kier molecular flexibility index (Phi) is 7.27. The lowest BCUT2D eigenvalue weighted by atomic mass is 9.97. The van der Waals surface area contributed by atoms with Gasteiger partial charge in [-0.15, -0.1) is 0 Å². The molecule has 0 fully saturated rings. The quantitative estimate of drug-likeness (QED) is 0.454. The number of hydrogen-bond donors (Lipinski definition) is 3. The molecule has 0 aliphatic rings. The van der Waals surface area contributed by atoms with Crippen LogP contribution in [0.15, 0.2) is 60.7 Å². The minimum absolute atomic E-state index is 0.189. The molecule has 34 heavy (non-hydrogen) atoms. The van der Waals surface area contributed by atoms with Crippen LogP contribution in [0, 0.1) is 6.92 Å². The summed E-state index contributed by atoms with van der Waals surface area (Å²) in [7, 11) is 2.44. The first-order valence-electron chi connectivity index (χ1n) is 10.1. The third-order valence-corrected chi connectivity index (χ3v) is 4.88. The molecule has 0 aliphatic carbocycles. The van der Waals surface area contributed by atoms with Gasteiger partial charge in [-0.3, -0.25) is 9.59 Å². The fourth-order valence-corrected chi connectivity index (χ4v) is 3.11. The van der Waals surface area contributed by atoms with Crippen molar-refractivity contribution in [3.63, 3.8) is 0 Å². The van der Waals surface area contributed by atoms with Crippen LogP contribution in [0.3, 0.4) is 0 Å². The number of methoxy groups -OCH3 is 1. The Morgan fingerprint density at radius 2 is 1.29 bits per heavy atom. The Hall–Kier alpha value is -4.66. The van der Waals surface area contributed by atoms with Crippen molar-refractivity contribution in [1.29, 1.82) is 0 Å². The summed E-state index contributed by atoms with van der Waals surface area (Å²) in [5, 5.41) is 14.5. The highest BCUT2D eigenvalue weighted by molar-refractivity contribution is 6.15. The van der Waals surface area contributed by atoms with Gasteiger partial charge in [0, 0.05) is 12.7 Å². The number of anilines is 1. The van der Waals surface area contributed by atoms with Gasteiger partial charge in [-0.2, -0.15) is 0 Å². The Bertz CT molecular complexity index is 1250. The lowest BCUT2D eigenvalue weighted by Gasteiger charge is -2.13. The van der Waals surface area contributed by atoms with Gasteiger partial charge in [0.1, 0.15) is 11.5 Å². The molecule has 0 atom stereocenters. The largest absolute Gasteiger partial charge is 0.478 e. The molecule has 9 heteroatoms. The lowest BCUT2D eigenvalue weighted by molar-refractivity contribution is 0.0596. The molecule has 0 saturated heterocycles. The summed E-state index contributed by atoms with van der Waals surface area (Å²) in [6.45, 7) is 1.97. The van der Waals surface area contributed by atoms with E-state index in [0.717, 1.165) is 24.8 Å². The zero-order chi connectivity index (χ0) is 24.8. The molecular formula is C25H22N2O7. The third-order valence-electron chi connectivity index (χ3n) is 4.88. The van der Waals surface area contributed by atoms with Gasteiger partial charge in [-0.25, -0.2) is 9.59 Å². The number of carbonyl (C=O) groups is 4. The van der Waals surface area contributed by atoms with Crippen molar-refractivity contribution in [2.24, 2.45) is 0 Å². The van der Waals surface area contributed by atoms with Gasteiger partial charge in [0.2, 0.25) is 0 Å². The molecule has 3 aromatic rings. The minimum atomic E-state index is -1.44. The van der Waals surface area contributed by atoms with Gasteiger partial charge in [0.15, 0.2) is 0 Å². The molecule has 174 valence electrons. The molecule has 9 nitrogen and oxygen atoms in total. The molecule has 3 aromatic carbocycles. The number of amides is 2. The van der Waals surface area contributed by atoms with Crippen LogP contribution in [0.25, 0.3) is 0 Å². The summed E-state index contributed by atoms with van der Waals surface area (Å²) >= 11 is 0. The van der Waals surface area contributed by atoms with Gasteiger partial charge < -0.3 is 25.2 Å². The van der Waals surface area contributed by atoms with Crippen LogP contribution in [-0.2, 0) is 4.74 Å². The van der Waals surface area contributed by atoms with Crippen molar-refractivity contribution in [3.8, 4) is 11.5 Å². The number of benzene rings is 3. The van der Waals surface area contributed by atoms with Crippen LogP contribution >= 0.6 is 0 Å². The summed E-state index contributed by atoms with van der Waals surface area (Å²) in [4.78, 5) is 49.0. The Morgan fingerprint density at radius 1 is 0.765 bits per heavy atom. The molecule has 0 unspecified atom stereocenters. The maximum Gasteiger partial charge on any atom is 0.338 e. The molecule has 0 bridgehead atoms. The summed E-state index contributed by atoms with van der Waals surface area (Å²) < 4.78 is 10.4.